The minimum Gasteiger partial charge on any atom is -0.382 e. The van der Waals surface area contributed by atoms with Crippen LogP contribution in [0.5, 0.6) is 0 Å². The second kappa shape index (κ2) is 6.60. The Kier molecular flexibility index (Phi) is 4.83. The summed E-state index contributed by atoms with van der Waals surface area (Å²) in [5.74, 6) is 0.248. The van der Waals surface area contributed by atoms with Crippen LogP contribution >= 0.6 is 0 Å². The molecule has 0 radical (unpaired) electrons. The molecule has 1 aromatic carbocycles. The van der Waals surface area contributed by atoms with Crippen LogP contribution in [0.4, 0.5) is 11.4 Å². The van der Waals surface area contributed by atoms with Gasteiger partial charge < -0.3 is 10.2 Å². The van der Waals surface area contributed by atoms with Crippen molar-refractivity contribution in [2.75, 3.05) is 16.8 Å². The van der Waals surface area contributed by atoms with Gasteiger partial charge in [-0.15, -0.1) is 0 Å². The van der Waals surface area contributed by atoms with Crippen LogP contribution in [-0.2, 0) is 4.79 Å². The van der Waals surface area contributed by atoms with E-state index in [0.29, 0.717) is 12.5 Å². The van der Waals surface area contributed by atoms with Crippen molar-refractivity contribution < 1.29 is 4.79 Å². The van der Waals surface area contributed by atoms with Crippen molar-refractivity contribution >= 4 is 17.3 Å². The van der Waals surface area contributed by atoms with Gasteiger partial charge in [0.1, 0.15) is 0 Å². The molecule has 0 bridgehead atoms. The van der Waals surface area contributed by atoms with Gasteiger partial charge in [-0.2, -0.15) is 0 Å². The van der Waals surface area contributed by atoms with E-state index in [1.54, 1.807) is 0 Å². The van der Waals surface area contributed by atoms with E-state index < -0.39 is 0 Å². The molecule has 1 atom stereocenters. The summed E-state index contributed by atoms with van der Waals surface area (Å²) >= 11 is 0. The van der Waals surface area contributed by atoms with E-state index in [4.69, 9.17) is 0 Å². The highest BCUT2D eigenvalue weighted by Crippen LogP contribution is 2.25. The molecule has 1 fully saturated rings. The topological polar surface area (TPSA) is 32.3 Å². The molecular formula is C16H24N2O. The molecule has 1 aliphatic heterocycles. The third-order valence-corrected chi connectivity index (χ3v) is 3.73. The van der Waals surface area contributed by atoms with Crippen molar-refractivity contribution in [3.05, 3.63) is 24.3 Å². The van der Waals surface area contributed by atoms with Crippen LogP contribution in [0.25, 0.3) is 0 Å². The van der Waals surface area contributed by atoms with Crippen LogP contribution in [-0.4, -0.2) is 18.5 Å². The molecular weight excluding hydrogens is 236 g/mol. The first kappa shape index (κ1) is 13.9. The Labute approximate surface area is 116 Å². The minimum atomic E-state index is 0.248. The minimum absolute atomic E-state index is 0.248. The summed E-state index contributed by atoms with van der Waals surface area (Å²) in [4.78, 5) is 13.7. The molecule has 2 rings (SSSR count). The fraction of sp³-hybridized carbons (Fsp3) is 0.562. The molecule has 0 spiro atoms. The summed E-state index contributed by atoms with van der Waals surface area (Å²) in [5, 5.41) is 3.57. The Balaban J connectivity index is 2.08. The van der Waals surface area contributed by atoms with Crippen molar-refractivity contribution in [1.29, 1.82) is 0 Å². The maximum absolute atomic E-state index is 11.8. The summed E-state index contributed by atoms with van der Waals surface area (Å²) in [6, 6.07) is 8.76. The third kappa shape index (κ3) is 3.49. The molecule has 1 saturated heterocycles. The lowest BCUT2D eigenvalue weighted by atomic mass is 10.1. The summed E-state index contributed by atoms with van der Waals surface area (Å²) < 4.78 is 0. The van der Waals surface area contributed by atoms with Gasteiger partial charge in [0.15, 0.2) is 0 Å². The molecule has 3 nitrogen and oxygen atoms in total. The zero-order valence-electron chi connectivity index (χ0n) is 12.0. The largest absolute Gasteiger partial charge is 0.382 e. The normalized spacial score (nSPS) is 16.7. The van der Waals surface area contributed by atoms with Gasteiger partial charge in [0.2, 0.25) is 5.91 Å². The van der Waals surface area contributed by atoms with Gasteiger partial charge in [-0.05, 0) is 37.5 Å². The third-order valence-electron chi connectivity index (χ3n) is 3.73. The zero-order chi connectivity index (χ0) is 13.7. The Morgan fingerprint density at radius 2 is 2.21 bits per heavy atom. The maximum Gasteiger partial charge on any atom is 0.227 e. The molecule has 1 aliphatic rings. The van der Waals surface area contributed by atoms with Gasteiger partial charge in [0.25, 0.3) is 0 Å². The molecule has 0 saturated carbocycles. The molecule has 104 valence electrons. The second-order valence-electron chi connectivity index (χ2n) is 5.24. The highest BCUT2D eigenvalue weighted by molar-refractivity contribution is 5.95. The van der Waals surface area contributed by atoms with Gasteiger partial charge in [-0.1, -0.05) is 26.3 Å². The fourth-order valence-corrected chi connectivity index (χ4v) is 2.65. The quantitative estimate of drug-likeness (QED) is 0.843. The Bertz CT molecular complexity index is 431. The smallest absolute Gasteiger partial charge is 0.227 e. The molecule has 1 unspecified atom stereocenters. The molecule has 0 aliphatic carbocycles. The number of amides is 1. The van der Waals surface area contributed by atoms with Gasteiger partial charge in [0.05, 0.1) is 0 Å². The lowest BCUT2D eigenvalue weighted by Crippen LogP contribution is -2.24. The SMILES string of the molecule is CCCC(CC)Nc1cccc(N2CCCC2=O)c1. The molecule has 1 heterocycles. The summed E-state index contributed by atoms with van der Waals surface area (Å²) in [7, 11) is 0. The number of rotatable bonds is 6. The van der Waals surface area contributed by atoms with Gasteiger partial charge >= 0.3 is 0 Å². The van der Waals surface area contributed by atoms with Crippen molar-refractivity contribution in [1.82, 2.24) is 0 Å². The first-order valence-electron chi connectivity index (χ1n) is 7.41. The van der Waals surface area contributed by atoms with E-state index in [2.05, 4.69) is 31.3 Å². The average molecular weight is 260 g/mol. The highest BCUT2D eigenvalue weighted by atomic mass is 16.2. The molecule has 1 amide bonds. The van der Waals surface area contributed by atoms with Crippen LogP contribution < -0.4 is 10.2 Å². The van der Waals surface area contributed by atoms with Gasteiger partial charge in [-0.3, -0.25) is 4.79 Å². The first-order valence-corrected chi connectivity index (χ1v) is 7.41. The van der Waals surface area contributed by atoms with E-state index in [1.807, 2.05) is 17.0 Å². The fourth-order valence-electron chi connectivity index (χ4n) is 2.65. The monoisotopic (exact) mass is 260 g/mol. The van der Waals surface area contributed by atoms with Crippen LogP contribution in [0.3, 0.4) is 0 Å². The molecule has 3 heteroatoms. The number of hydrogen-bond acceptors (Lipinski definition) is 2. The van der Waals surface area contributed by atoms with Gasteiger partial charge in [-0.25, -0.2) is 0 Å². The van der Waals surface area contributed by atoms with Crippen LogP contribution in [0, 0.1) is 0 Å². The van der Waals surface area contributed by atoms with Crippen molar-refractivity contribution in [2.24, 2.45) is 0 Å². The predicted molar refractivity (Wildman–Crippen MR) is 80.6 cm³/mol. The lowest BCUT2D eigenvalue weighted by Gasteiger charge is -2.20. The van der Waals surface area contributed by atoms with E-state index in [-0.39, 0.29) is 5.91 Å². The summed E-state index contributed by atoms with van der Waals surface area (Å²) in [6.07, 6.45) is 5.16. The first-order chi connectivity index (χ1) is 9.24. The number of carbonyl (C=O) groups is 1. The van der Waals surface area contributed by atoms with Crippen LogP contribution in [0.2, 0.25) is 0 Å². The predicted octanol–water partition coefficient (Wildman–Crippen LogP) is 3.80. The van der Waals surface area contributed by atoms with Crippen LogP contribution in [0.15, 0.2) is 24.3 Å². The van der Waals surface area contributed by atoms with E-state index in [1.165, 1.54) is 12.8 Å². The summed E-state index contributed by atoms with van der Waals surface area (Å²) in [5.41, 5.74) is 2.15. The molecule has 19 heavy (non-hydrogen) atoms. The second-order valence-corrected chi connectivity index (χ2v) is 5.24. The Morgan fingerprint density at radius 1 is 1.37 bits per heavy atom. The number of hydrogen-bond donors (Lipinski definition) is 1. The number of benzene rings is 1. The molecule has 1 N–H and O–H groups in total. The average Bonchev–Trinajstić information content (AvgIpc) is 2.85. The number of nitrogens with zero attached hydrogens (tertiary/aromatic N) is 1. The maximum atomic E-state index is 11.8. The van der Waals surface area contributed by atoms with Crippen molar-refractivity contribution in [3.63, 3.8) is 0 Å². The molecule has 0 aromatic heterocycles. The van der Waals surface area contributed by atoms with Crippen molar-refractivity contribution in [3.8, 4) is 0 Å². The van der Waals surface area contributed by atoms with Gasteiger partial charge in [0, 0.05) is 30.4 Å². The van der Waals surface area contributed by atoms with E-state index >= 15 is 0 Å². The van der Waals surface area contributed by atoms with Crippen molar-refractivity contribution in [2.45, 2.75) is 52.0 Å². The number of anilines is 2. The Hall–Kier alpha value is -1.51. The van der Waals surface area contributed by atoms with E-state index in [0.717, 1.165) is 30.8 Å². The molecule has 1 aromatic rings. The lowest BCUT2D eigenvalue weighted by molar-refractivity contribution is -0.117. The number of nitrogens with one attached hydrogen (secondary N) is 1. The number of carbonyl (C=O) groups excluding carboxylic acids is 1. The van der Waals surface area contributed by atoms with Crippen LogP contribution in [0.1, 0.15) is 46.0 Å². The van der Waals surface area contributed by atoms with E-state index in [9.17, 15) is 4.79 Å². The summed E-state index contributed by atoms with van der Waals surface area (Å²) in [6.45, 7) is 5.28. The standard InChI is InChI=1S/C16H24N2O/c1-3-7-13(4-2)17-14-8-5-9-15(12-14)18-11-6-10-16(18)19/h5,8-9,12-13,17H,3-4,6-7,10-11H2,1-2H3. The Morgan fingerprint density at radius 3 is 2.84 bits per heavy atom. The highest BCUT2D eigenvalue weighted by Gasteiger charge is 2.21. The zero-order valence-corrected chi connectivity index (χ0v) is 12.0.